The summed E-state index contributed by atoms with van der Waals surface area (Å²) in [5, 5.41) is 5.29. The van der Waals surface area contributed by atoms with Crippen LogP contribution in [0.15, 0.2) is 30.6 Å². The van der Waals surface area contributed by atoms with Crippen molar-refractivity contribution in [2.45, 2.75) is 44.6 Å². The van der Waals surface area contributed by atoms with Crippen LogP contribution in [-0.2, 0) is 24.8 Å². The maximum Gasteiger partial charge on any atom is 0.138 e. The van der Waals surface area contributed by atoms with Crippen molar-refractivity contribution in [2.75, 3.05) is 5.33 Å². The molecule has 0 fully saturated rings. The van der Waals surface area contributed by atoms with Crippen LogP contribution in [0.1, 0.15) is 36.7 Å². The van der Waals surface area contributed by atoms with Crippen LogP contribution in [0.5, 0.6) is 0 Å². The van der Waals surface area contributed by atoms with E-state index in [4.69, 9.17) is 0 Å². The van der Waals surface area contributed by atoms with Crippen LogP contribution < -0.4 is 0 Å². The first kappa shape index (κ1) is 13.8. The lowest BCUT2D eigenvalue weighted by Crippen LogP contribution is -2.36. The van der Waals surface area contributed by atoms with E-state index in [0.717, 1.165) is 24.1 Å². The van der Waals surface area contributed by atoms with Crippen LogP contribution in [-0.4, -0.2) is 20.1 Å². The smallest absolute Gasteiger partial charge is 0.138 e. The van der Waals surface area contributed by atoms with Crippen molar-refractivity contribution in [3.8, 4) is 0 Å². The van der Waals surface area contributed by atoms with Crippen molar-refractivity contribution in [3.05, 3.63) is 47.5 Å². The molecular formula is C16H20BrN3. The Labute approximate surface area is 128 Å². The highest BCUT2D eigenvalue weighted by Gasteiger charge is 2.36. The number of alkyl halides is 1. The van der Waals surface area contributed by atoms with Gasteiger partial charge in [-0.2, -0.15) is 5.10 Å². The fourth-order valence-electron chi connectivity index (χ4n) is 3.37. The van der Waals surface area contributed by atoms with Gasteiger partial charge in [0.1, 0.15) is 12.2 Å². The zero-order chi connectivity index (χ0) is 14.0. The summed E-state index contributed by atoms with van der Waals surface area (Å²) in [6.45, 7) is 3.00. The average Bonchev–Trinajstić information content (AvgIpc) is 2.94. The van der Waals surface area contributed by atoms with Gasteiger partial charge in [0.2, 0.25) is 0 Å². The third kappa shape index (κ3) is 2.30. The van der Waals surface area contributed by atoms with Crippen LogP contribution in [0, 0.1) is 0 Å². The number of aromatic nitrogens is 3. The van der Waals surface area contributed by atoms with Gasteiger partial charge in [-0.05, 0) is 37.3 Å². The Bertz CT molecular complexity index is 593. The van der Waals surface area contributed by atoms with Gasteiger partial charge >= 0.3 is 0 Å². The van der Waals surface area contributed by atoms with Crippen LogP contribution >= 0.6 is 15.9 Å². The Morgan fingerprint density at radius 1 is 1.35 bits per heavy atom. The van der Waals surface area contributed by atoms with E-state index in [2.05, 4.69) is 57.2 Å². The molecule has 1 atom stereocenters. The summed E-state index contributed by atoms with van der Waals surface area (Å²) in [5.74, 6) is 1.10. The van der Waals surface area contributed by atoms with Crippen molar-refractivity contribution in [3.63, 3.8) is 0 Å². The number of rotatable bonds is 4. The number of halogens is 1. The predicted molar refractivity (Wildman–Crippen MR) is 84.3 cm³/mol. The first-order valence-corrected chi connectivity index (χ1v) is 8.42. The second-order valence-electron chi connectivity index (χ2n) is 5.59. The van der Waals surface area contributed by atoms with Crippen molar-refractivity contribution in [1.82, 2.24) is 14.8 Å². The van der Waals surface area contributed by atoms with Crippen molar-refractivity contribution in [1.29, 1.82) is 0 Å². The normalized spacial score (nSPS) is 21.7. The summed E-state index contributed by atoms with van der Waals surface area (Å²) in [6, 6.07) is 8.88. The molecule has 1 aromatic heterocycles. The number of benzene rings is 1. The SMILES string of the molecule is CCn1ncnc1CC1(CBr)CCCc2ccccc21. The summed E-state index contributed by atoms with van der Waals surface area (Å²) in [5.41, 5.74) is 3.16. The molecule has 0 saturated heterocycles. The lowest BCUT2D eigenvalue weighted by molar-refractivity contribution is 0.384. The van der Waals surface area contributed by atoms with E-state index >= 15 is 0 Å². The minimum Gasteiger partial charge on any atom is -0.250 e. The largest absolute Gasteiger partial charge is 0.250 e. The van der Waals surface area contributed by atoms with E-state index in [1.54, 1.807) is 6.33 Å². The molecule has 0 amide bonds. The van der Waals surface area contributed by atoms with Gasteiger partial charge in [0, 0.05) is 23.7 Å². The Morgan fingerprint density at radius 2 is 2.20 bits per heavy atom. The van der Waals surface area contributed by atoms with Gasteiger partial charge in [0.25, 0.3) is 0 Å². The molecule has 1 heterocycles. The molecule has 1 unspecified atom stereocenters. The molecule has 1 aliphatic carbocycles. The molecule has 0 N–H and O–H groups in total. The molecule has 20 heavy (non-hydrogen) atoms. The maximum atomic E-state index is 4.48. The molecule has 2 aromatic rings. The first-order valence-electron chi connectivity index (χ1n) is 7.30. The number of fused-ring (bicyclic) bond motifs is 1. The monoisotopic (exact) mass is 333 g/mol. The molecule has 0 saturated carbocycles. The zero-order valence-corrected chi connectivity index (χ0v) is 13.4. The second kappa shape index (κ2) is 5.68. The molecule has 0 spiro atoms. The molecule has 3 nitrogen and oxygen atoms in total. The Hall–Kier alpha value is -1.16. The highest BCUT2D eigenvalue weighted by atomic mass is 79.9. The van der Waals surface area contributed by atoms with Crippen molar-refractivity contribution in [2.24, 2.45) is 0 Å². The minimum atomic E-state index is 0.162. The standard InChI is InChI=1S/C16H20BrN3/c1-2-20-15(18-12-19-20)10-16(11-17)9-5-7-13-6-3-4-8-14(13)16/h3-4,6,8,12H,2,5,7,9-11H2,1H3. The quantitative estimate of drug-likeness (QED) is 0.801. The summed E-state index contributed by atoms with van der Waals surface area (Å²) < 4.78 is 2.02. The van der Waals surface area contributed by atoms with Crippen molar-refractivity contribution < 1.29 is 0 Å². The van der Waals surface area contributed by atoms with E-state index in [0.29, 0.717) is 0 Å². The fraction of sp³-hybridized carbons (Fsp3) is 0.500. The molecule has 106 valence electrons. The molecule has 3 rings (SSSR count). The number of hydrogen-bond acceptors (Lipinski definition) is 2. The van der Waals surface area contributed by atoms with Gasteiger partial charge in [-0.25, -0.2) is 4.98 Å². The van der Waals surface area contributed by atoms with Crippen LogP contribution in [0.2, 0.25) is 0 Å². The van der Waals surface area contributed by atoms with E-state index in [-0.39, 0.29) is 5.41 Å². The number of nitrogens with zero attached hydrogens (tertiary/aromatic N) is 3. The van der Waals surface area contributed by atoms with Crippen LogP contribution in [0.25, 0.3) is 0 Å². The lowest BCUT2D eigenvalue weighted by Gasteiger charge is -2.37. The van der Waals surface area contributed by atoms with Gasteiger partial charge in [-0.3, -0.25) is 4.68 Å². The lowest BCUT2D eigenvalue weighted by atomic mass is 9.69. The molecule has 4 heteroatoms. The summed E-state index contributed by atoms with van der Waals surface area (Å²) in [7, 11) is 0. The first-order chi connectivity index (χ1) is 9.79. The topological polar surface area (TPSA) is 30.7 Å². The van der Waals surface area contributed by atoms with E-state index in [1.807, 2.05) is 4.68 Å². The highest BCUT2D eigenvalue weighted by molar-refractivity contribution is 9.09. The van der Waals surface area contributed by atoms with E-state index < -0.39 is 0 Å². The Kier molecular flexibility index (Phi) is 3.92. The Balaban J connectivity index is 2.01. The molecule has 0 bridgehead atoms. The summed E-state index contributed by atoms with van der Waals surface area (Å²) in [6.07, 6.45) is 6.30. The second-order valence-corrected chi connectivity index (χ2v) is 6.15. The predicted octanol–water partition coefficient (Wildman–Crippen LogP) is 3.51. The third-order valence-corrected chi connectivity index (χ3v) is 5.51. The third-order valence-electron chi connectivity index (χ3n) is 4.44. The summed E-state index contributed by atoms with van der Waals surface area (Å²) >= 11 is 3.77. The van der Waals surface area contributed by atoms with E-state index in [1.165, 1.54) is 30.4 Å². The minimum absolute atomic E-state index is 0.162. The Morgan fingerprint density at radius 3 is 3.00 bits per heavy atom. The molecule has 1 aliphatic rings. The van der Waals surface area contributed by atoms with Crippen LogP contribution in [0.3, 0.4) is 0 Å². The van der Waals surface area contributed by atoms with Gasteiger partial charge in [-0.15, -0.1) is 0 Å². The van der Waals surface area contributed by atoms with Crippen LogP contribution in [0.4, 0.5) is 0 Å². The maximum absolute atomic E-state index is 4.48. The van der Waals surface area contributed by atoms with Gasteiger partial charge < -0.3 is 0 Å². The fourth-order valence-corrected chi connectivity index (χ4v) is 4.15. The van der Waals surface area contributed by atoms with Gasteiger partial charge in [0.15, 0.2) is 0 Å². The average molecular weight is 334 g/mol. The molecule has 0 aliphatic heterocycles. The highest BCUT2D eigenvalue weighted by Crippen LogP contribution is 2.41. The zero-order valence-electron chi connectivity index (χ0n) is 11.8. The van der Waals surface area contributed by atoms with Gasteiger partial charge in [0.05, 0.1) is 0 Å². The van der Waals surface area contributed by atoms with Crippen molar-refractivity contribution >= 4 is 15.9 Å². The summed E-state index contributed by atoms with van der Waals surface area (Å²) in [4.78, 5) is 4.48. The number of hydrogen-bond donors (Lipinski definition) is 0. The molecular weight excluding hydrogens is 314 g/mol. The molecule has 0 radical (unpaired) electrons. The number of aryl methyl sites for hydroxylation is 2. The van der Waals surface area contributed by atoms with E-state index in [9.17, 15) is 0 Å². The molecule has 1 aromatic carbocycles. The van der Waals surface area contributed by atoms with Gasteiger partial charge in [-0.1, -0.05) is 40.2 Å².